The SMILES string of the molecule is COc1cccc2cc(-c3nc(-c4cc5cc(Cl)ccc5oc4=O)cs3)c(=N)oc12. The minimum absolute atomic E-state index is 0.0368. The fourth-order valence-corrected chi connectivity index (χ4v) is 4.26. The number of methoxy groups -OCH3 is 1. The number of benzene rings is 2. The van der Waals surface area contributed by atoms with Gasteiger partial charge in [0.1, 0.15) is 10.6 Å². The van der Waals surface area contributed by atoms with Gasteiger partial charge in [-0.15, -0.1) is 11.3 Å². The lowest BCUT2D eigenvalue weighted by atomic mass is 10.1. The van der Waals surface area contributed by atoms with E-state index in [1.54, 1.807) is 42.8 Å². The molecule has 1 N–H and O–H groups in total. The Bertz CT molecular complexity index is 1550. The lowest BCUT2D eigenvalue weighted by Gasteiger charge is -2.05. The van der Waals surface area contributed by atoms with Crippen LogP contribution in [0.15, 0.2) is 67.5 Å². The second-order valence-electron chi connectivity index (χ2n) is 6.54. The Hall–Kier alpha value is -3.42. The van der Waals surface area contributed by atoms with Crippen molar-refractivity contribution < 1.29 is 13.6 Å². The van der Waals surface area contributed by atoms with Crippen LogP contribution >= 0.6 is 22.9 Å². The molecule has 5 rings (SSSR count). The molecule has 0 saturated heterocycles. The van der Waals surface area contributed by atoms with Crippen LogP contribution in [0.25, 0.3) is 43.8 Å². The topological polar surface area (TPSA) is 89.3 Å². The molecule has 8 heteroatoms. The molecule has 0 bridgehead atoms. The highest BCUT2D eigenvalue weighted by atomic mass is 35.5. The zero-order chi connectivity index (χ0) is 20.8. The lowest BCUT2D eigenvalue weighted by molar-refractivity contribution is 0.405. The molecule has 0 fully saturated rings. The van der Waals surface area contributed by atoms with Crippen molar-refractivity contribution in [3.8, 4) is 27.6 Å². The molecule has 0 aliphatic rings. The summed E-state index contributed by atoms with van der Waals surface area (Å²) in [5, 5.41) is 12.7. The number of rotatable bonds is 3. The number of nitrogens with one attached hydrogen (secondary N) is 1. The van der Waals surface area contributed by atoms with Gasteiger partial charge in [0.05, 0.1) is 23.9 Å². The molecule has 0 spiro atoms. The van der Waals surface area contributed by atoms with Crippen LogP contribution in [0, 0.1) is 5.41 Å². The van der Waals surface area contributed by atoms with Gasteiger partial charge in [-0.2, -0.15) is 0 Å². The van der Waals surface area contributed by atoms with Crippen molar-refractivity contribution in [3.63, 3.8) is 0 Å². The van der Waals surface area contributed by atoms with E-state index < -0.39 is 5.63 Å². The van der Waals surface area contributed by atoms with E-state index in [1.807, 2.05) is 18.2 Å². The second-order valence-corrected chi connectivity index (χ2v) is 7.83. The molecule has 5 aromatic rings. The Morgan fingerprint density at radius 3 is 2.73 bits per heavy atom. The summed E-state index contributed by atoms with van der Waals surface area (Å²) < 4.78 is 16.4. The minimum Gasteiger partial charge on any atom is -0.493 e. The number of aromatic nitrogens is 1. The van der Waals surface area contributed by atoms with Crippen molar-refractivity contribution in [2.24, 2.45) is 0 Å². The first-order valence-electron chi connectivity index (χ1n) is 8.88. The lowest BCUT2D eigenvalue weighted by Crippen LogP contribution is -2.04. The van der Waals surface area contributed by atoms with Gasteiger partial charge in [0.25, 0.3) is 0 Å². The van der Waals surface area contributed by atoms with E-state index in [4.69, 9.17) is 30.6 Å². The molecule has 3 heterocycles. The summed E-state index contributed by atoms with van der Waals surface area (Å²) in [6.45, 7) is 0. The Balaban J connectivity index is 1.64. The van der Waals surface area contributed by atoms with Gasteiger partial charge in [-0.25, -0.2) is 9.78 Å². The molecule has 3 aromatic heterocycles. The van der Waals surface area contributed by atoms with E-state index in [1.165, 1.54) is 11.3 Å². The van der Waals surface area contributed by atoms with Gasteiger partial charge in [0.2, 0.25) is 5.55 Å². The first kappa shape index (κ1) is 18.6. The third-order valence-corrected chi connectivity index (χ3v) is 5.79. The summed E-state index contributed by atoms with van der Waals surface area (Å²) in [6, 6.07) is 14.1. The number of nitrogens with zero attached hydrogens (tertiary/aromatic N) is 1. The van der Waals surface area contributed by atoms with Gasteiger partial charge < -0.3 is 13.6 Å². The third kappa shape index (κ3) is 3.08. The van der Waals surface area contributed by atoms with Crippen LogP contribution in [0.2, 0.25) is 5.02 Å². The first-order valence-corrected chi connectivity index (χ1v) is 10.1. The number of thiazole rings is 1. The van der Waals surface area contributed by atoms with Crippen molar-refractivity contribution in [3.05, 3.63) is 74.9 Å². The minimum atomic E-state index is -0.485. The Labute approximate surface area is 178 Å². The van der Waals surface area contributed by atoms with Crippen molar-refractivity contribution in [1.82, 2.24) is 4.98 Å². The Morgan fingerprint density at radius 1 is 1.07 bits per heavy atom. The Morgan fingerprint density at radius 2 is 1.90 bits per heavy atom. The molecule has 0 aliphatic heterocycles. The molecule has 2 aromatic carbocycles. The summed E-state index contributed by atoms with van der Waals surface area (Å²) in [4.78, 5) is 17.0. The van der Waals surface area contributed by atoms with Crippen molar-refractivity contribution in [2.75, 3.05) is 7.11 Å². The summed E-state index contributed by atoms with van der Waals surface area (Å²) in [5.74, 6) is 0.555. The van der Waals surface area contributed by atoms with E-state index in [9.17, 15) is 4.79 Å². The fourth-order valence-electron chi connectivity index (χ4n) is 3.25. The molecule has 0 saturated carbocycles. The van der Waals surface area contributed by atoms with Crippen LogP contribution < -0.4 is 15.9 Å². The van der Waals surface area contributed by atoms with Crippen LogP contribution in [0.4, 0.5) is 0 Å². The zero-order valence-corrected chi connectivity index (χ0v) is 17.1. The van der Waals surface area contributed by atoms with Crippen LogP contribution in [-0.4, -0.2) is 12.1 Å². The highest BCUT2D eigenvalue weighted by Crippen LogP contribution is 2.31. The number of hydrogen-bond acceptors (Lipinski definition) is 7. The molecular formula is C22H13ClN2O4S. The van der Waals surface area contributed by atoms with Gasteiger partial charge in [-0.3, -0.25) is 5.41 Å². The van der Waals surface area contributed by atoms with Gasteiger partial charge in [-0.05, 0) is 36.4 Å². The molecule has 148 valence electrons. The highest BCUT2D eigenvalue weighted by molar-refractivity contribution is 7.13. The molecule has 30 heavy (non-hydrogen) atoms. The number of ether oxygens (including phenoxy) is 1. The van der Waals surface area contributed by atoms with Crippen molar-refractivity contribution in [1.29, 1.82) is 5.41 Å². The predicted molar refractivity (Wildman–Crippen MR) is 116 cm³/mol. The molecule has 6 nitrogen and oxygen atoms in total. The van der Waals surface area contributed by atoms with Crippen LogP contribution in [-0.2, 0) is 0 Å². The summed E-state index contributed by atoms with van der Waals surface area (Å²) in [6.07, 6.45) is 0. The number of fused-ring (bicyclic) bond motifs is 2. The van der Waals surface area contributed by atoms with E-state index >= 15 is 0 Å². The molecule has 0 atom stereocenters. The maximum Gasteiger partial charge on any atom is 0.345 e. The predicted octanol–water partition coefficient (Wildman–Crippen LogP) is 5.47. The van der Waals surface area contributed by atoms with Crippen LogP contribution in [0.5, 0.6) is 5.75 Å². The number of halogens is 1. The largest absolute Gasteiger partial charge is 0.493 e. The van der Waals surface area contributed by atoms with Crippen molar-refractivity contribution in [2.45, 2.75) is 0 Å². The standard InChI is InChI=1S/C22H13ClN2O4S/c1-27-18-4-2-3-11-8-15(20(24)29-19(11)18)21-25-16(10-30-21)14-9-12-7-13(23)5-6-17(12)28-22(14)26/h2-10,24H,1H3. The monoisotopic (exact) mass is 436 g/mol. The van der Waals surface area contributed by atoms with Crippen molar-refractivity contribution >= 4 is 44.9 Å². The van der Waals surface area contributed by atoms with Gasteiger partial charge in [-0.1, -0.05) is 23.7 Å². The average Bonchev–Trinajstić information content (AvgIpc) is 3.22. The number of hydrogen-bond donors (Lipinski definition) is 1. The molecule has 0 amide bonds. The second kappa shape index (κ2) is 7.12. The van der Waals surface area contributed by atoms with Crippen LogP contribution in [0.3, 0.4) is 0 Å². The first-order chi connectivity index (χ1) is 14.5. The molecule has 0 radical (unpaired) electrons. The maximum atomic E-state index is 12.5. The summed E-state index contributed by atoms with van der Waals surface area (Å²) in [5.41, 5.74) is 1.76. The Kier molecular flexibility index (Phi) is 4.42. The summed E-state index contributed by atoms with van der Waals surface area (Å²) in [7, 11) is 1.55. The summed E-state index contributed by atoms with van der Waals surface area (Å²) >= 11 is 7.37. The smallest absolute Gasteiger partial charge is 0.345 e. The van der Waals surface area contributed by atoms with E-state index in [0.29, 0.717) is 49.2 Å². The molecule has 0 aliphatic carbocycles. The number of para-hydroxylation sites is 1. The third-order valence-electron chi connectivity index (χ3n) is 4.68. The zero-order valence-electron chi connectivity index (χ0n) is 15.6. The quantitative estimate of drug-likeness (QED) is 0.379. The van der Waals surface area contributed by atoms with Crippen LogP contribution in [0.1, 0.15) is 0 Å². The molecule has 0 unspecified atom stereocenters. The van der Waals surface area contributed by atoms with E-state index in [-0.39, 0.29) is 5.55 Å². The maximum absolute atomic E-state index is 12.5. The van der Waals surface area contributed by atoms with Gasteiger partial charge in [0, 0.05) is 21.2 Å². The average molecular weight is 437 g/mol. The van der Waals surface area contributed by atoms with E-state index in [0.717, 1.165) is 5.39 Å². The highest BCUT2D eigenvalue weighted by Gasteiger charge is 2.16. The fraction of sp³-hybridized carbons (Fsp3) is 0.0455. The normalized spacial score (nSPS) is 11.3. The van der Waals surface area contributed by atoms with Gasteiger partial charge in [0.15, 0.2) is 11.3 Å². The molecular weight excluding hydrogens is 424 g/mol. The van der Waals surface area contributed by atoms with E-state index in [2.05, 4.69) is 4.98 Å². The van der Waals surface area contributed by atoms with Gasteiger partial charge >= 0.3 is 5.63 Å².